The Morgan fingerprint density at radius 3 is 2.49 bits per heavy atom. The first-order valence-electron chi connectivity index (χ1n) is 10.3. The highest BCUT2D eigenvalue weighted by Gasteiger charge is 2.15. The maximum Gasteiger partial charge on any atom is 0.266 e. The second-order valence-electron chi connectivity index (χ2n) is 7.37. The summed E-state index contributed by atoms with van der Waals surface area (Å²) in [6.07, 6.45) is 1.38. The fraction of sp³-hybridized carbons (Fsp3) is 0.115. The van der Waals surface area contributed by atoms with Gasteiger partial charge in [0.1, 0.15) is 17.5 Å². The van der Waals surface area contributed by atoms with Crippen LogP contribution in [0.5, 0.6) is 11.5 Å². The average molecular weight is 538 g/mol. The number of nitrogens with zero attached hydrogens (tertiary/aromatic N) is 1. The van der Waals surface area contributed by atoms with E-state index in [-0.39, 0.29) is 18.1 Å². The van der Waals surface area contributed by atoms with Crippen LogP contribution in [0.25, 0.3) is 6.08 Å². The molecule has 3 aromatic rings. The predicted molar refractivity (Wildman–Crippen MR) is 135 cm³/mol. The topological polar surface area (TPSA) is 100 Å². The molecule has 0 fully saturated rings. The molecule has 0 heterocycles. The molecule has 0 aliphatic rings. The molecule has 7 nitrogen and oxygen atoms in total. The van der Waals surface area contributed by atoms with Crippen LogP contribution in [0.4, 0.5) is 15.8 Å². The van der Waals surface area contributed by atoms with Crippen LogP contribution in [0.3, 0.4) is 0 Å². The van der Waals surface area contributed by atoms with Crippen molar-refractivity contribution in [1.29, 1.82) is 5.26 Å². The van der Waals surface area contributed by atoms with Crippen molar-refractivity contribution in [2.75, 3.05) is 24.4 Å². The Hall–Kier alpha value is -4.16. The van der Waals surface area contributed by atoms with Gasteiger partial charge in [0.2, 0.25) is 0 Å². The molecular weight excluding hydrogens is 517 g/mol. The van der Waals surface area contributed by atoms with Crippen molar-refractivity contribution in [2.45, 2.75) is 6.92 Å². The van der Waals surface area contributed by atoms with E-state index in [1.165, 1.54) is 37.5 Å². The molecule has 2 N–H and O–H groups in total. The zero-order chi connectivity index (χ0) is 25.4. The van der Waals surface area contributed by atoms with Crippen LogP contribution in [0.2, 0.25) is 0 Å². The van der Waals surface area contributed by atoms with Gasteiger partial charge in [0.05, 0.1) is 11.6 Å². The third-order valence-electron chi connectivity index (χ3n) is 4.68. The summed E-state index contributed by atoms with van der Waals surface area (Å²) in [5.74, 6) is -0.852. The van der Waals surface area contributed by atoms with Crippen molar-refractivity contribution in [3.8, 4) is 17.6 Å². The minimum Gasteiger partial charge on any atom is -0.493 e. The molecular formula is C26H21BrFN3O4. The highest BCUT2D eigenvalue weighted by molar-refractivity contribution is 9.10. The summed E-state index contributed by atoms with van der Waals surface area (Å²) in [7, 11) is 1.43. The number of aryl methyl sites for hydroxylation is 1. The number of hydrogen-bond acceptors (Lipinski definition) is 5. The third-order valence-corrected chi connectivity index (χ3v) is 5.27. The van der Waals surface area contributed by atoms with Gasteiger partial charge >= 0.3 is 0 Å². The van der Waals surface area contributed by atoms with Crippen LogP contribution >= 0.6 is 15.9 Å². The van der Waals surface area contributed by atoms with Crippen LogP contribution in [-0.2, 0) is 9.59 Å². The summed E-state index contributed by atoms with van der Waals surface area (Å²) in [6.45, 7) is 1.66. The maximum absolute atomic E-state index is 13.1. The molecule has 0 atom stereocenters. The SMILES string of the molecule is COc1cc(/C=C(\C#N)C(=O)Nc2ccc(F)cc2)cc(Br)c1OCC(=O)Nc1cccc(C)c1. The van der Waals surface area contributed by atoms with Gasteiger partial charge in [0.15, 0.2) is 18.1 Å². The van der Waals surface area contributed by atoms with E-state index >= 15 is 0 Å². The number of halogens is 2. The smallest absolute Gasteiger partial charge is 0.266 e. The van der Waals surface area contributed by atoms with Gasteiger partial charge in [-0.1, -0.05) is 12.1 Å². The lowest BCUT2D eigenvalue weighted by molar-refractivity contribution is -0.118. The largest absolute Gasteiger partial charge is 0.493 e. The third kappa shape index (κ3) is 7.16. The molecule has 2 amide bonds. The quantitative estimate of drug-likeness (QED) is 0.293. The molecule has 178 valence electrons. The molecule has 0 radical (unpaired) electrons. The highest BCUT2D eigenvalue weighted by Crippen LogP contribution is 2.37. The van der Waals surface area contributed by atoms with Crippen molar-refractivity contribution in [2.24, 2.45) is 0 Å². The number of hydrogen-bond donors (Lipinski definition) is 2. The Kier molecular flexibility index (Phi) is 8.59. The second-order valence-corrected chi connectivity index (χ2v) is 8.23. The molecule has 0 aliphatic carbocycles. The van der Waals surface area contributed by atoms with E-state index in [2.05, 4.69) is 26.6 Å². The first-order chi connectivity index (χ1) is 16.8. The van der Waals surface area contributed by atoms with E-state index in [4.69, 9.17) is 9.47 Å². The lowest BCUT2D eigenvalue weighted by Gasteiger charge is -2.14. The zero-order valence-corrected chi connectivity index (χ0v) is 20.5. The van der Waals surface area contributed by atoms with E-state index < -0.39 is 11.7 Å². The first kappa shape index (κ1) is 25.5. The molecule has 0 saturated carbocycles. The molecule has 3 aromatic carbocycles. The van der Waals surface area contributed by atoms with Crippen LogP contribution in [0, 0.1) is 24.1 Å². The number of methoxy groups -OCH3 is 1. The molecule has 0 aromatic heterocycles. The van der Waals surface area contributed by atoms with Gasteiger partial charge in [0, 0.05) is 11.4 Å². The van der Waals surface area contributed by atoms with E-state index in [0.717, 1.165) is 5.56 Å². The van der Waals surface area contributed by atoms with Crippen molar-refractivity contribution in [1.82, 2.24) is 0 Å². The van der Waals surface area contributed by atoms with Crippen LogP contribution in [0.15, 0.2) is 70.7 Å². The molecule has 0 spiro atoms. The van der Waals surface area contributed by atoms with Crippen LogP contribution in [-0.4, -0.2) is 25.5 Å². The minimum absolute atomic E-state index is 0.172. The number of rotatable bonds is 8. The van der Waals surface area contributed by atoms with E-state index in [1.807, 2.05) is 31.2 Å². The number of carbonyl (C=O) groups is 2. The second kappa shape index (κ2) is 11.8. The van der Waals surface area contributed by atoms with E-state index in [1.54, 1.807) is 18.2 Å². The van der Waals surface area contributed by atoms with Gasteiger partial charge in [-0.25, -0.2) is 4.39 Å². The number of nitriles is 1. The molecule has 0 bridgehead atoms. The average Bonchev–Trinajstić information content (AvgIpc) is 2.82. The highest BCUT2D eigenvalue weighted by atomic mass is 79.9. The number of nitrogens with one attached hydrogen (secondary N) is 2. The minimum atomic E-state index is -0.651. The van der Waals surface area contributed by atoms with Gasteiger partial charge < -0.3 is 20.1 Å². The fourth-order valence-electron chi connectivity index (χ4n) is 3.07. The number of carbonyl (C=O) groups excluding carboxylic acids is 2. The number of amides is 2. The molecule has 9 heteroatoms. The molecule has 0 aliphatic heterocycles. The first-order valence-corrected chi connectivity index (χ1v) is 11.1. The zero-order valence-electron chi connectivity index (χ0n) is 18.9. The van der Waals surface area contributed by atoms with Crippen molar-refractivity contribution >= 4 is 45.2 Å². The van der Waals surface area contributed by atoms with Gasteiger partial charge in [-0.3, -0.25) is 9.59 Å². The van der Waals surface area contributed by atoms with Crippen LogP contribution < -0.4 is 20.1 Å². The van der Waals surface area contributed by atoms with E-state index in [0.29, 0.717) is 32.9 Å². The monoisotopic (exact) mass is 537 g/mol. The Bertz CT molecular complexity index is 1320. The van der Waals surface area contributed by atoms with Gasteiger partial charge in [-0.2, -0.15) is 5.26 Å². The Balaban J connectivity index is 1.73. The number of benzene rings is 3. The summed E-state index contributed by atoms with van der Waals surface area (Å²) in [5.41, 5.74) is 2.34. The lowest BCUT2D eigenvalue weighted by Crippen LogP contribution is -2.20. The summed E-state index contributed by atoms with van der Waals surface area (Å²) >= 11 is 3.39. The summed E-state index contributed by atoms with van der Waals surface area (Å²) < 4.78 is 24.6. The Labute approximate surface area is 210 Å². The van der Waals surface area contributed by atoms with Crippen molar-refractivity contribution in [3.63, 3.8) is 0 Å². The van der Waals surface area contributed by atoms with Crippen molar-refractivity contribution < 1.29 is 23.5 Å². The summed E-state index contributed by atoms with van der Waals surface area (Å²) in [4.78, 5) is 24.8. The standard InChI is InChI=1S/C26H21BrFN3O4/c1-16-4-3-5-21(10-16)30-24(32)15-35-25-22(27)12-17(13-23(25)34-2)11-18(14-29)26(33)31-20-8-6-19(28)7-9-20/h3-13H,15H2,1-2H3,(H,30,32)(H,31,33)/b18-11+. The molecule has 0 unspecified atom stereocenters. The van der Waals surface area contributed by atoms with Crippen molar-refractivity contribution in [3.05, 3.63) is 87.7 Å². The fourth-order valence-corrected chi connectivity index (χ4v) is 3.64. The Morgan fingerprint density at radius 2 is 1.83 bits per heavy atom. The molecule has 0 saturated heterocycles. The predicted octanol–water partition coefficient (Wildman–Crippen LogP) is 5.47. The van der Waals surface area contributed by atoms with Gasteiger partial charge in [-0.15, -0.1) is 0 Å². The summed E-state index contributed by atoms with van der Waals surface area (Å²) in [6, 6.07) is 17.6. The maximum atomic E-state index is 13.1. The molecule has 35 heavy (non-hydrogen) atoms. The van der Waals surface area contributed by atoms with Gasteiger partial charge in [0.25, 0.3) is 11.8 Å². The van der Waals surface area contributed by atoms with Crippen LogP contribution in [0.1, 0.15) is 11.1 Å². The number of anilines is 2. The lowest BCUT2D eigenvalue weighted by atomic mass is 10.1. The van der Waals surface area contributed by atoms with Gasteiger partial charge in [-0.05, 0) is 88.6 Å². The Morgan fingerprint density at radius 1 is 1.09 bits per heavy atom. The molecule has 3 rings (SSSR count). The summed E-state index contributed by atoms with van der Waals surface area (Å²) in [5, 5.41) is 14.8. The van der Waals surface area contributed by atoms with E-state index in [9.17, 15) is 19.2 Å². The normalized spacial score (nSPS) is 10.8. The number of ether oxygens (including phenoxy) is 2.